The second-order valence-corrected chi connectivity index (χ2v) is 5.03. The van der Waals surface area contributed by atoms with Gasteiger partial charge in [-0.25, -0.2) is 15.0 Å². The van der Waals surface area contributed by atoms with E-state index in [9.17, 15) is 5.11 Å². The van der Waals surface area contributed by atoms with E-state index in [1.165, 1.54) is 6.33 Å². The van der Waals surface area contributed by atoms with Crippen LogP contribution in [0.2, 0.25) is 0 Å². The second kappa shape index (κ2) is 4.97. The summed E-state index contributed by atoms with van der Waals surface area (Å²) in [6, 6.07) is 0. The van der Waals surface area contributed by atoms with Crippen LogP contribution in [0.1, 0.15) is 12.6 Å². The Hall–Kier alpha value is -1.77. The molecule has 2 aromatic rings. The lowest BCUT2D eigenvalue weighted by Gasteiger charge is -2.14. The Bertz CT molecular complexity index is 614. The molecule has 8 nitrogen and oxygen atoms in total. The van der Waals surface area contributed by atoms with E-state index in [4.69, 9.17) is 9.84 Å². The lowest BCUT2D eigenvalue weighted by Crippen LogP contribution is -2.24. The summed E-state index contributed by atoms with van der Waals surface area (Å²) in [5.41, 5.74) is 1.34. The Morgan fingerprint density at radius 2 is 2.20 bits per heavy atom. The Labute approximate surface area is 115 Å². The minimum absolute atomic E-state index is 0.206. The summed E-state index contributed by atoms with van der Waals surface area (Å²) in [7, 11) is 3.77. The van der Waals surface area contributed by atoms with Crippen molar-refractivity contribution in [3.63, 3.8) is 0 Å². The lowest BCUT2D eigenvalue weighted by molar-refractivity contribution is -0.0432. The van der Waals surface area contributed by atoms with Crippen molar-refractivity contribution in [3.8, 4) is 0 Å². The van der Waals surface area contributed by atoms with Crippen molar-refractivity contribution >= 4 is 17.0 Å². The van der Waals surface area contributed by atoms with Crippen molar-refractivity contribution in [3.05, 3.63) is 12.7 Å². The molecule has 3 rings (SSSR count). The van der Waals surface area contributed by atoms with E-state index in [0.717, 1.165) is 5.82 Å². The molecule has 0 spiro atoms. The number of aliphatic hydroxyl groups is 2. The first kappa shape index (κ1) is 13.2. The van der Waals surface area contributed by atoms with Crippen LogP contribution in [-0.4, -0.2) is 62.6 Å². The van der Waals surface area contributed by atoms with Gasteiger partial charge in [0.05, 0.1) is 19.0 Å². The number of fused-ring (bicyclic) bond motifs is 1. The number of rotatable bonds is 3. The predicted octanol–water partition coefficient (Wildman–Crippen LogP) is -0.467. The summed E-state index contributed by atoms with van der Waals surface area (Å²) in [5.74, 6) is 0.728. The number of ether oxygens (including phenoxy) is 1. The van der Waals surface area contributed by atoms with Gasteiger partial charge in [-0.3, -0.25) is 4.57 Å². The maximum absolute atomic E-state index is 9.81. The number of anilines is 1. The molecule has 8 heteroatoms. The third-order valence-corrected chi connectivity index (χ3v) is 3.46. The third-order valence-electron chi connectivity index (χ3n) is 3.46. The largest absolute Gasteiger partial charge is 0.394 e. The van der Waals surface area contributed by atoms with Gasteiger partial charge in [-0.05, 0) is 0 Å². The zero-order chi connectivity index (χ0) is 14.3. The van der Waals surface area contributed by atoms with E-state index in [2.05, 4.69) is 15.0 Å². The summed E-state index contributed by atoms with van der Waals surface area (Å²) < 4.78 is 7.39. The van der Waals surface area contributed by atoms with Crippen LogP contribution in [0.25, 0.3) is 11.2 Å². The molecule has 1 aliphatic rings. The van der Waals surface area contributed by atoms with Gasteiger partial charge in [-0.1, -0.05) is 0 Å². The van der Waals surface area contributed by atoms with Crippen molar-refractivity contribution in [1.29, 1.82) is 0 Å². The molecule has 1 fully saturated rings. The zero-order valence-corrected chi connectivity index (χ0v) is 11.3. The standard InChI is InChI=1S/C12H17N5O3/c1-16(2)11-10-12(14-5-13-11)17(6-15-10)9-3-7(19)8(4-18)20-9/h5-9,18-19H,3-4H2,1-2H3/t7-,8+,9-/m1/s1. The summed E-state index contributed by atoms with van der Waals surface area (Å²) in [4.78, 5) is 14.6. The van der Waals surface area contributed by atoms with Gasteiger partial charge in [0.15, 0.2) is 17.0 Å². The van der Waals surface area contributed by atoms with Crippen LogP contribution < -0.4 is 4.90 Å². The van der Waals surface area contributed by atoms with Gasteiger partial charge in [-0.2, -0.15) is 0 Å². The van der Waals surface area contributed by atoms with Crippen LogP contribution in [0.4, 0.5) is 5.82 Å². The number of imidazole rings is 1. The Balaban J connectivity index is 2.00. The summed E-state index contributed by atoms with van der Waals surface area (Å²) in [6.45, 7) is -0.206. The monoisotopic (exact) mass is 279 g/mol. The molecule has 2 aromatic heterocycles. The molecule has 0 unspecified atom stereocenters. The Kier molecular flexibility index (Phi) is 3.28. The zero-order valence-electron chi connectivity index (χ0n) is 11.3. The van der Waals surface area contributed by atoms with Gasteiger partial charge in [0.2, 0.25) is 0 Å². The van der Waals surface area contributed by atoms with E-state index in [-0.39, 0.29) is 12.8 Å². The minimum atomic E-state index is -0.683. The molecule has 20 heavy (non-hydrogen) atoms. The molecule has 1 saturated heterocycles. The minimum Gasteiger partial charge on any atom is -0.394 e. The highest BCUT2D eigenvalue weighted by Crippen LogP contribution is 2.31. The van der Waals surface area contributed by atoms with Crippen LogP contribution in [0.3, 0.4) is 0 Å². The van der Waals surface area contributed by atoms with Gasteiger partial charge >= 0.3 is 0 Å². The van der Waals surface area contributed by atoms with Crippen molar-refractivity contribution < 1.29 is 14.9 Å². The SMILES string of the molecule is CN(C)c1ncnc2c1ncn2[C@H]1C[C@@H](O)[C@H](CO)O1. The first-order valence-electron chi connectivity index (χ1n) is 6.41. The molecule has 1 aliphatic heterocycles. The highest BCUT2D eigenvalue weighted by atomic mass is 16.5. The number of hydrogen-bond acceptors (Lipinski definition) is 7. The second-order valence-electron chi connectivity index (χ2n) is 5.03. The third kappa shape index (κ3) is 2.01. The van der Waals surface area contributed by atoms with Crippen LogP contribution >= 0.6 is 0 Å². The van der Waals surface area contributed by atoms with Crippen molar-refractivity contribution in [2.75, 3.05) is 25.6 Å². The Morgan fingerprint density at radius 3 is 2.85 bits per heavy atom. The number of aromatic nitrogens is 4. The fraction of sp³-hybridized carbons (Fsp3) is 0.583. The van der Waals surface area contributed by atoms with E-state index >= 15 is 0 Å². The molecule has 3 atom stereocenters. The van der Waals surface area contributed by atoms with E-state index in [0.29, 0.717) is 17.6 Å². The number of aliphatic hydroxyl groups excluding tert-OH is 2. The highest BCUT2D eigenvalue weighted by Gasteiger charge is 2.35. The molecule has 108 valence electrons. The van der Waals surface area contributed by atoms with Crippen LogP contribution in [0, 0.1) is 0 Å². The molecule has 3 heterocycles. The summed E-state index contributed by atoms with van der Waals surface area (Å²) in [5, 5.41) is 19.0. The molecule has 0 radical (unpaired) electrons. The average Bonchev–Trinajstić information content (AvgIpc) is 3.01. The van der Waals surface area contributed by atoms with Gasteiger partial charge in [-0.15, -0.1) is 0 Å². The normalized spacial score (nSPS) is 26.3. The van der Waals surface area contributed by atoms with Crippen molar-refractivity contribution in [1.82, 2.24) is 19.5 Å². The average molecular weight is 279 g/mol. The lowest BCUT2D eigenvalue weighted by atomic mass is 10.2. The quantitative estimate of drug-likeness (QED) is 0.784. The van der Waals surface area contributed by atoms with Gasteiger partial charge in [0.25, 0.3) is 0 Å². The Morgan fingerprint density at radius 1 is 1.40 bits per heavy atom. The molecular formula is C12H17N5O3. The van der Waals surface area contributed by atoms with Gasteiger partial charge < -0.3 is 19.8 Å². The van der Waals surface area contributed by atoms with Crippen LogP contribution in [0.15, 0.2) is 12.7 Å². The molecule has 0 aromatic carbocycles. The molecule has 0 saturated carbocycles. The topological polar surface area (TPSA) is 96.5 Å². The number of hydrogen-bond donors (Lipinski definition) is 2. The van der Waals surface area contributed by atoms with Gasteiger partial charge in [0.1, 0.15) is 18.7 Å². The molecular weight excluding hydrogens is 262 g/mol. The molecule has 0 amide bonds. The van der Waals surface area contributed by atoms with Crippen LogP contribution in [-0.2, 0) is 4.74 Å². The number of nitrogens with zero attached hydrogens (tertiary/aromatic N) is 5. The van der Waals surface area contributed by atoms with Gasteiger partial charge in [0, 0.05) is 20.5 Å². The predicted molar refractivity (Wildman–Crippen MR) is 71.3 cm³/mol. The van der Waals surface area contributed by atoms with E-state index in [1.807, 2.05) is 19.0 Å². The first-order chi connectivity index (χ1) is 9.61. The molecule has 0 bridgehead atoms. The maximum Gasteiger partial charge on any atom is 0.167 e. The summed E-state index contributed by atoms with van der Waals surface area (Å²) >= 11 is 0. The first-order valence-corrected chi connectivity index (χ1v) is 6.41. The maximum atomic E-state index is 9.81. The van der Waals surface area contributed by atoms with Crippen LogP contribution in [0.5, 0.6) is 0 Å². The fourth-order valence-electron chi connectivity index (χ4n) is 2.43. The smallest absolute Gasteiger partial charge is 0.167 e. The van der Waals surface area contributed by atoms with Crippen molar-refractivity contribution in [2.24, 2.45) is 0 Å². The highest BCUT2D eigenvalue weighted by molar-refractivity contribution is 5.83. The van der Waals surface area contributed by atoms with E-state index < -0.39 is 12.2 Å². The molecule has 2 N–H and O–H groups in total. The summed E-state index contributed by atoms with van der Waals surface area (Å²) in [6.07, 6.45) is 1.88. The van der Waals surface area contributed by atoms with E-state index in [1.54, 1.807) is 10.9 Å². The molecule has 0 aliphatic carbocycles. The fourth-order valence-corrected chi connectivity index (χ4v) is 2.43. The van der Waals surface area contributed by atoms with Crippen molar-refractivity contribution in [2.45, 2.75) is 24.9 Å².